The topological polar surface area (TPSA) is 258 Å². The third-order valence-electron chi connectivity index (χ3n) is 16.9. The van der Waals surface area contributed by atoms with Gasteiger partial charge in [-0.15, -0.1) is 0 Å². The molecule has 18 rings (SSSR count). The number of phenolic OH excluding ortho intramolecular Hbond substituents is 2. The minimum absolute atomic E-state index is 0.131. The van der Waals surface area contributed by atoms with Crippen molar-refractivity contribution in [3.8, 4) is 103 Å². The molecule has 0 amide bonds. The van der Waals surface area contributed by atoms with Gasteiger partial charge in [0.05, 0.1) is 0 Å². The van der Waals surface area contributed by atoms with Crippen LogP contribution in [0.4, 0.5) is 0 Å². The van der Waals surface area contributed by atoms with Crippen molar-refractivity contribution in [2.45, 2.75) is 52.4 Å². The number of hydrogen-bond acceptors (Lipinski definition) is 14. The maximum Gasteiger partial charge on any atom is 0.164 e. The summed E-state index contributed by atoms with van der Waals surface area (Å²) in [4.78, 5) is 74.2. The fourth-order valence-electron chi connectivity index (χ4n) is 12.8. The van der Waals surface area contributed by atoms with Gasteiger partial charge in [-0.05, 0) is 22.5 Å². The first kappa shape index (κ1) is 52.4. The van der Waals surface area contributed by atoms with Crippen LogP contribution in [0, 0.1) is 0 Å². The molecule has 0 unspecified atom stereocenters. The predicted octanol–water partition coefficient (Wildman–Crippen LogP) is 15.7. The Kier molecular flexibility index (Phi) is 11.2. The molecule has 6 N–H and O–H groups in total. The number of rotatable bonds is 0. The highest BCUT2D eigenvalue weighted by molar-refractivity contribution is 6.11. The second-order valence-corrected chi connectivity index (χ2v) is 24.8. The summed E-state index contributed by atoms with van der Waals surface area (Å²) in [5.41, 5.74) is 13.0. The molecule has 0 spiro atoms. The van der Waals surface area contributed by atoms with E-state index in [-0.39, 0.29) is 16.9 Å². The summed E-state index contributed by atoms with van der Waals surface area (Å²) in [6.07, 6.45) is 0. The van der Waals surface area contributed by atoms with Crippen molar-refractivity contribution < 1.29 is 10.2 Å². The Morgan fingerprint density at radius 2 is 0.533 bits per heavy atom. The quantitative estimate of drug-likeness (QED) is 0.0772. The lowest BCUT2D eigenvalue weighted by atomic mass is 9.83. The molecule has 4 aliphatic heterocycles. The van der Waals surface area contributed by atoms with Gasteiger partial charge in [-0.25, -0.2) is 59.8 Å². The van der Waals surface area contributed by atoms with Crippen molar-refractivity contribution in [1.82, 2.24) is 79.7 Å². The molecule has 10 heterocycles. The number of phenols is 2. The molecule has 18 nitrogen and oxygen atoms in total. The molecular weight excluding hydrogens is 1120 g/mol. The molecule has 4 aliphatic rings. The first-order valence-electron chi connectivity index (χ1n) is 29.6. The number of hydrogen-bond donors (Lipinski definition) is 6. The minimum Gasteiger partial charge on any atom is -0.504 e. The smallest absolute Gasteiger partial charge is 0.164 e. The number of aromatic hydroxyl groups is 2. The molecule has 0 aliphatic carbocycles. The first-order valence-corrected chi connectivity index (χ1v) is 29.6. The monoisotopic (exact) mass is 1170 g/mol. The van der Waals surface area contributed by atoms with Crippen molar-refractivity contribution in [2.24, 2.45) is 0 Å². The molecule has 0 fully saturated rings. The summed E-state index contributed by atoms with van der Waals surface area (Å²) >= 11 is 0. The van der Waals surface area contributed by atoms with Crippen molar-refractivity contribution in [2.75, 3.05) is 0 Å². The summed E-state index contributed by atoms with van der Waals surface area (Å²) in [5, 5.41) is 29.1. The van der Waals surface area contributed by atoms with Gasteiger partial charge in [-0.2, -0.15) is 0 Å². The first-order chi connectivity index (χ1) is 43.7. The number of fused-ring (bicyclic) bond motifs is 40. The SMILES string of the molecule is CC(C)(C)c1c(O)c(O)cc2c3nc4nc(nc5[nH]c(nc6nc(nc([nH]3)c12)-c1ccccc1-6)c1ccccc51)-c1ccccc1-4.CC(C)(C)c1cccc2c3nc4nc(nc5[nH]c(nc6nc(nc([nH]3)c12)-c1ccccc1-6)c1ccccc51)-c1ccccc1-4. The van der Waals surface area contributed by atoms with Crippen LogP contribution in [0.15, 0.2) is 170 Å². The van der Waals surface area contributed by atoms with Crippen LogP contribution in [0.2, 0.25) is 0 Å². The van der Waals surface area contributed by atoms with E-state index < -0.39 is 5.41 Å². The Morgan fingerprint density at radius 1 is 0.267 bits per heavy atom. The molecule has 18 heteroatoms. The highest BCUT2D eigenvalue weighted by Gasteiger charge is 2.30. The van der Waals surface area contributed by atoms with Crippen molar-refractivity contribution in [3.63, 3.8) is 0 Å². The molecule has 90 heavy (non-hydrogen) atoms. The highest BCUT2D eigenvalue weighted by Crippen LogP contribution is 2.47. The van der Waals surface area contributed by atoms with Gasteiger partial charge in [-0.1, -0.05) is 205 Å². The van der Waals surface area contributed by atoms with E-state index in [1.807, 2.05) is 166 Å². The van der Waals surface area contributed by atoms with Crippen LogP contribution in [0.5, 0.6) is 11.5 Å². The average molecular weight is 1170 g/mol. The zero-order chi connectivity index (χ0) is 60.9. The van der Waals surface area contributed by atoms with Crippen molar-refractivity contribution >= 4 is 88.3 Å². The zero-order valence-corrected chi connectivity index (χ0v) is 49.4. The number of benzene rings is 8. The molecule has 432 valence electrons. The summed E-state index contributed by atoms with van der Waals surface area (Å²) in [7, 11) is 0. The largest absolute Gasteiger partial charge is 0.504 e. The van der Waals surface area contributed by atoms with Crippen molar-refractivity contribution in [3.05, 3.63) is 181 Å². The van der Waals surface area contributed by atoms with Gasteiger partial charge in [0.25, 0.3) is 0 Å². The number of aromatic nitrogens is 16. The van der Waals surface area contributed by atoms with E-state index in [0.717, 1.165) is 76.8 Å². The van der Waals surface area contributed by atoms with Crippen LogP contribution in [0.3, 0.4) is 0 Å². The predicted molar refractivity (Wildman–Crippen MR) is 353 cm³/mol. The molecule has 0 radical (unpaired) electrons. The zero-order valence-electron chi connectivity index (χ0n) is 49.4. The van der Waals surface area contributed by atoms with Gasteiger partial charge in [0.15, 0.2) is 58.1 Å². The van der Waals surface area contributed by atoms with E-state index in [4.69, 9.17) is 59.8 Å². The third-order valence-corrected chi connectivity index (χ3v) is 16.9. The Bertz CT molecular complexity index is 5820. The van der Waals surface area contributed by atoms with E-state index in [1.165, 1.54) is 11.6 Å². The number of nitrogens with zero attached hydrogens (tertiary/aromatic N) is 12. The lowest BCUT2D eigenvalue weighted by Gasteiger charge is -2.22. The Morgan fingerprint density at radius 3 is 0.856 bits per heavy atom. The molecule has 6 aromatic heterocycles. The van der Waals surface area contributed by atoms with E-state index in [2.05, 4.69) is 58.9 Å². The second-order valence-electron chi connectivity index (χ2n) is 24.8. The van der Waals surface area contributed by atoms with Gasteiger partial charge >= 0.3 is 0 Å². The van der Waals surface area contributed by atoms with E-state index in [0.29, 0.717) is 108 Å². The van der Waals surface area contributed by atoms with Gasteiger partial charge < -0.3 is 30.1 Å². The van der Waals surface area contributed by atoms with Crippen molar-refractivity contribution in [1.29, 1.82) is 0 Å². The molecule has 0 saturated heterocycles. The fourth-order valence-corrected chi connectivity index (χ4v) is 12.8. The summed E-state index contributed by atoms with van der Waals surface area (Å²) in [6, 6.07) is 55.8. The lowest BCUT2D eigenvalue weighted by Crippen LogP contribution is -2.12. The fraction of sp³-hybridized carbons (Fsp3) is 0.111. The van der Waals surface area contributed by atoms with Crippen LogP contribution in [0.1, 0.15) is 52.7 Å². The molecular formula is C72H52N16O2. The molecule has 16 bridgehead atoms. The molecule has 14 aromatic rings. The van der Waals surface area contributed by atoms with E-state index in [9.17, 15) is 10.2 Å². The van der Waals surface area contributed by atoms with Gasteiger partial charge in [0.1, 0.15) is 45.2 Å². The van der Waals surface area contributed by atoms with Gasteiger partial charge in [0, 0.05) is 93.2 Å². The van der Waals surface area contributed by atoms with Crippen LogP contribution in [-0.4, -0.2) is 90.0 Å². The average Bonchev–Trinajstić information content (AvgIpc) is 1.59. The van der Waals surface area contributed by atoms with Crippen LogP contribution >= 0.6 is 0 Å². The molecule has 0 atom stereocenters. The number of nitrogens with one attached hydrogen (secondary N) is 4. The van der Waals surface area contributed by atoms with Gasteiger partial charge in [-0.3, -0.25) is 0 Å². The summed E-state index contributed by atoms with van der Waals surface area (Å²) in [5.74, 6) is 3.90. The van der Waals surface area contributed by atoms with E-state index >= 15 is 0 Å². The Labute approximate surface area is 511 Å². The molecule has 0 saturated carbocycles. The normalized spacial score (nSPS) is 12.4. The highest BCUT2D eigenvalue weighted by atomic mass is 16.3. The Hall–Kier alpha value is -11.9. The lowest BCUT2D eigenvalue weighted by molar-refractivity contribution is 0.391. The number of H-pyrrole nitrogens is 4. The Balaban J connectivity index is 0.000000139. The van der Waals surface area contributed by atoms with Crippen LogP contribution in [0.25, 0.3) is 179 Å². The molecule has 8 aromatic carbocycles. The summed E-state index contributed by atoms with van der Waals surface area (Å²) < 4.78 is 0. The standard InChI is InChI=1S/C36H26N8O2.C36H26N8/c1-36(2,3)26-25-23(16-24(45)27(26)46)34-42-32-20-13-7-6-12-19(20)30(40-32)38-28-17-10-4-5-11-18(17)29(37-28)39-31-21-14-8-9-15-22(21)33(41-31)43-35(25)44-34;1-36(2,3)26-18-10-17-25-27(26)35-43-33-24-16-9-8-15-23(24)31(41-33)39-29-20-12-5-4-11-19(20)28(37-29)38-30-21-13-6-7-14-22(21)32(40-30)42-34(25)44-35/h4-16,45-46H,1-3H3,(H2,37,38,39,40,41,42,43,44);4-18H,1-3H3,(H2,37,38,39,40,41,42,43,44). The second kappa shape index (κ2) is 19.3. The van der Waals surface area contributed by atoms with Gasteiger partial charge in [0.2, 0.25) is 0 Å². The summed E-state index contributed by atoms with van der Waals surface area (Å²) in [6.45, 7) is 12.6. The maximum atomic E-state index is 11.2. The van der Waals surface area contributed by atoms with Crippen LogP contribution < -0.4 is 0 Å². The van der Waals surface area contributed by atoms with E-state index in [1.54, 1.807) is 0 Å². The van der Waals surface area contributed by atoms with Crippen LogP contribution in [-0.2, 0) is 10.8 Å². The number of aromatic amines is 4. The minimum atomic E-state index is -0.560. The third kappa shape index (κ3) is 8.24. The maximum absolute atomic E-state index is 11.2.